The summed E-state index contributed by atoms with van der Waals surface area (Å²) in [7, 11) is 0. The lowest BCUT2D eigenvalue weighted by Gasteiger charge is -2.61. The lowest BCUT2D eigenvalue weighted by Crippen LogP contribution is -2.63. The molecule has 2 unspecified atom stereocenters. The second-order valence-corrected chi connectivity index (χ2v) is 13.1. The number of esters is 1. The van der Waals surface area contributed by atoms with Crippen molar-refractivity contribution in [3.63, 3.8) is 0 Å². The second-order valence-electron chi connectivity index (χ2n) is 13.1. The largest absolute Gasteiger partial charge is 0.458 e. The zero-order valence-electron chi connectivity index (χ0n) is 24.2. The number of ether oxygens (including phenoxy) is 1. The first-order chi connectivity index (χ1) is 18.9. The fourth-order valence-corrected chi connectivity index (χ4v) is 8.61. The number of carbonyl (C=O) groups excluding carboxylic acids is 2. The van der Waals surface area contributed by atoms with Gasteiger partial charge in [-0.1, -0.05) is 45.9 Å². The molecule has 3 fully saturated rings. The van der Waals surface area contributed by atoms with Gasteiger partial charge in [-0.3, -0.25) is 9.59 Å². The van der Waals surface area contributed by atoms with Crippen molar-refractivity contribution in [1.82, 2.24) is 4.57 Å². The smallest absolute Gasteiger partial charge is 0.343 e. The first kappa shape index (κ1) is 28.7. The minimum Gasteiger partial charge on any atom is -0.458 e. The summed E-state index contributed by atoms with van der Waals surface area (Å²) in [5.74, 6) is -0.885. The van der Waals surface area contributed by atoms with Gasteiger partial charge in [0, 0.05) is 47.9 Å². The van der Waals surface area contributed by atoms with Gasteiger partial charge in [0.25, 0.3) is 0 Å². The Morgan fingerprint density at radius 3 is 2.62 bits per heavy atom. The maximum absolute atomic E-state index is 14.0. The number of pyridine rings is 1. The maximum Gasteiger partial charge on any atom is 0.343 e. The maximum atomic E-state index is 14.0. The zero-order valence-corrected chi connectivity index (χ0v) is 24.2. The molecule has 0 radical (unpaired) electrons. The molecule has 7 nitrogen and oxygen atoms in total. The quantitative estimate of drug-likeness (QED) is 0.392. The fourth-order valence-electron chi connectivity index (χ4n) is 8.61. The van der Waals surface area contributed by atoms with Crippen LogP contribution in [0.15, 0.2) is 47.9 Å². The highest BCUT2D eigenvalue weighted by Gasteiger charge is 2.68. The topological polar surface area (TPSA) is 106 Å². The molecule has 40 heavy (non-hydrogen) atoms. The average molecular weight is 550 g/mol. The van der Waals surface area contributed by atoms with Gasteiger partial charge in [0.05, 0.1) is 11.6 Å². The van der Waals surface area contributed by atoms with Gasteiger partial charge >= 0.3 is 5.97 Å². The Balaban J connectivity index is 1.63. The molecule has 1 heterocycles. The molecule has 0 spiro atoms. The summed E-state index contributed by atoms with van der Waals surface area (Å²) in [6.07, 6.45) is 5.54. The third-order valence-corrected chi connectivity index (χ3v) is 11.3. The number of carbonyl (C=O) groups is 2. The van der Waals surface area contributed by atoms with Crippen LogP contribution in [0, 0.1) is 34.0 Å². The Bertz CT molecular complexity index is 1400. The predicted molar refractivity (Wildman–Crippen MR) is 154 cm³/mol. The molecule has 2 N–H and O–H groups in total. The number of aliphatic hydroxyl groups is 2. The number of fused-ring (bicyclic) bond motifs is 1. The lowest BCUT2D eigenvalue weighted by atomic mass is 9.44. The van der Waals surface area contributed by atoms with Crippen LogP contribution in [0.5, 0.6) is 0 Å². The van der Waals surface area contributed by atoms with Crippen LogP contribution >= 0.6 is 0 Å². The lowest BCUT2D eigenvalue weighted by molar-refractivity contribution is -0.192. The summed E-state index contributed by atoms with van der Waals surface area (Å²) in [4.78, 5) is 41.2. The number of aryl methyl sites for hydroxylation is 1. The Labute approximate surface area is 236 Å². The van der Waals surface area contributed by atoms with Crippen LogP contribution in [0.2, 0.25) is 0 Å². The molecule has 3 aliphatic carbocycles. The summed E-state index contributed by atoms with van der Waals surface area (Å²) in [6.45, 7) is 12.7. The summed E-state index contributed by atoms with van der Waals surface area (Å²) in [6, 6.07) is 7.12. The molecule has 0 amide bonds. The fraction of sp³-hybridized carbons (Fsp3) is 0.606. The van der Waals surface area contributed by atoms with Crippen molar-refractivity contribution in [2.45, 2.75) is 85.0 Å². The second kappa shape index (κ2) is 10.3. The molecule has 2 aromatic rings. The number of rotatable bonds is 6. The highest BCUT2D eigenvalue weighted by atomic mass is 16.5. The van der Waals surface area contributed by atoms with Crippen LogP contribution in [-0.4, -0.2) is 45.3 Å². The van der Waals surface area contributed by atoms with E-state index < -0.39 is 34.4 Å². The van der Waals surface area contributed by atoms with E-state index in [1.807, 2.05) is 23.6 Å². The number of hydrogen-bond acceptors (Lipinski definition) is 6. The molecule has 1 aromatic carbocycles. The molecule has 0 aliphatic heterocycles. The Kier molecular flexibility index (Phi) is 7.37. The van der Waals surface area contributed by atoms with E-state index in [9.17, 15) is 24.6 Å². The Morgan fingerprint density at radius 1 is 1.20 bits per heavy atom. The zero-order chi connectivity index (χ0) is 29.0. The van der Waals surface area contributed by atoms with Crippen molar-refractivity contribution < 1.29 is 24.5 Å². The van der Waals surface area contributed by atoms with Crippen LogP contribution < -0.4 is 5.43 Å². The van der Waals surface area contributed by atoms with Crippen molar-refractivity contribution >= 4 is 22.7 Å². The van der Waals surface area contributed by atoms with E-state index in [-0.39, 0.29) is 41.1 Å². The monoisotopic (exact) mass is 549 g/mol. The van der Waals surface area contributed by atoms with E-state index in [0.717, 1.165) is 19.3 Å². The van der Waals surface area contributed by atoms with Gasteiger partial charge < -0.3 is 19.5 Å². The van der Waals surface area contributed by atoms with E-state index >= 15 is 0 Å². The highest BCUT2D eigenvalue weighted by molar-refractivity contribution is 5.94. The molecule has 1 aromatic heterocycles. The van der Waals surface area contributed by atoms with Gasteiger partial charge in [0.1, 0.15) is 17.5 Å². The Hall–Kier alpha value is -2.77. The van der Waals surface area contributed by atoms with E-state index in [4.69, 9.17) is 4.74 Å². The normalized spacial score (nSPS) is 37.5. The number of nitrogens with zero attached hydrogens (tertiary/aromatic N) is 1. The SMILES string of the molecule is C=C[C@]1(C)C[C@@H](OC(=O)c2cn(CCCO)c3ccccc3c2=O)[C@@]2(C)C3C(=O)CCC3(CC[C@H]2C)[C@@H](C)[C@@H]1O. The summed E-state index contributed by atoms with van der Waals surface area (Å²) in [5.41, 5.74) is -1.56. The summed E-state index contributed by atoms with van der Waals surface area (Å²) in [5, 5.41) is 21.6. The molecule has 3 aliphatic rings. The molecule has 2 bridgehead atoms. The third kappa shape index (κ3) is 4.11. The molecule has 3 saturated carbocycles. The van der Waals surface area contributed by atoms with Crippen LogP contribution in [0.1, 0.15) is 76.6 Å². The van der Waals surface area contributed by atoms with Gasteiger partial charge in [0.15, 0.2) is 0 Å². The van der Waals surface area contributed by atoms with Gasteiger partial charge in [-0.2, -0.15) is 0 Å². The van der Waals surface area contributed by atoms with E-state index in [2.05, 4.69) is 27.4 Å². The van der Waals surface area contributed by atoms with Crippen molar-refractivity contribution in [1.29, 1.82) is 0 Å². The number of benzene rings is 1. The minimum absolute atomic E-state index is 0.0173. The highest BCUT2D eigenvalue weighted by Crippen LogP contribution is 2.68. The number of para-hydroxylation sites is 1. The Morgan fingerprint density at radius 2 is 1.93 bits per heavy atom. The summed E-state index contributed by atoms with van der Waals surface area (Å²) < 4.78 is 8.20. The van der Waals surface area contributed by atoms with Gasteiger partial charge in [-0.15, -0.1) is 6.58 Å². The number of Topliss-reactive ketones (excluding diaryl/α,β-unsaturated/α-hetero) is 1. The summed E-state index contributed by atoms with van der Waals surface area (Å²) >= 11 is 0. The van der Waals surface area contributed by atoms with Crippen LogP contribution in [0.25, 0.3) is 10.9 Å². The van der Waals surface area contributed by atoms with Crippen molar-refractivity contribution in [2.75, 3.05) is 6.61 Å². The molecule has 216 valence electrons. The molecule has 7 heteroatoms. The van der Waals surface area contributed by atoms with Gasteiger partial charge in [0.2, 0.25) is 5.43 Å². The van der Waals surface area contributed by atoms with Crippen LogP contribution in [-0.2, 0) is 16.1 Å². The predicted octanol–water partition coefficient (Wildman–Crippen LogP) is 4.90. The van der Waals surface area contributed by atoms with Crippen molar-refractivity contribution in [3.8, 4) is 0 Å². The molecular formula is C33H43NO6. The van der Waals surface area contributed by atoms with Crippen LogP contribution in [0.4, 0.5) is 0 Å². The van der Waals surface area contributed by atoms with Crippen molar-refractivity contribution in [3.05, 3.63) is 58.9 Å². The number of aromatic nitrogens is 1. The third-order valence-electron chi connectivity index (χ3n) is 11.3. The first-order valence-corrected chi connectivity index (χ1v) is 14.7. The van der Waals surface area contributed by atoms with E-state index in [0.29, 0.717) is 36.7 Å². The van der Waals surface area contributed by atoms with Crippen molar-refractivity contribution in [2.24, 2.45) is 34.0 Å². The molecule has 0 saturated heterocycles. The number of ketones is 1. The standard InChI is InChI=1S/C33H43NO6/c1-6-31(4)18-26(32(5)20(2)12-14-33(21(3)29(31)38)15-13-25(36)28(32)33)40-30(39)23-19-34(16-9-17-35)24-11-8-7-10-22(24)27(23)37/h6-8,10-11,19-21,26,28-29,35,38H,1,9,12-18H2,2-5H3/t20-,21+,26-,28?,29+,31-,32+,33?/m1/s1. The number of hydrogen-bond donors (Lipinski definition) is 2. The average Bonchev–Trinajstić information content (AvgIpc) is 3.31. The van der Waals surface area contributed by atoms with Crippen LogP contribution in [0.3, 0.4) is 0 Å². The molecule has 8 atom stereocenters. The molecular weight excluding hydrogens is 506 g/mol. The number of aliphatic hydroxyl groups excluding tert-OH is 2. The van der Waals surface area contributed by atoms with E-state index in [1.165, 1.54) is 6.20 Å². The molecule has 5 rings (SSSR count). The van der Waals surface area contributed by atoms with E-state index in [1.54, 1.807) is 18.2 Å². The minimum atomic E-state index is -0.756. The first-order valence-electron chi connectivity index (χ1n) is 14.7. The van der Waals surface area contributed by atoms with Gasteiger partial charge in [-0.05, 0) is 61.5 Å². The van der Waals surface area contributed by atoms with Gasteiger partial charge in [-0.25, -0.2) is 4.79 Å².